The summed E-state index contributed by atoms with van der Waals surface area (Å²) in [5, 5.41) is 19.1. The lowest BCUT2D eigenvalue weighted by Crippen LogP contribution is -2.26. The zero-order valence-electron chi connectivity index (χ0n) is 13.4. The van der Waals surface area contributed by atoms with Gasteiger partial charge in [-0.05, 0) is 31.2 Å². The molecule has 4 rings (SSSR count). The van der Waals surface area contributed by atoms with Crippen LogP contribution in [0.5, 0.6) is 0 Å². The van der Waals surface area contributed by atoms with Gasteiger partial charge in [0, 0.05) is 12.2 Å². The molecule has 1 aliphatic heterocycles. The number of aryl methyl sites for hydroxylation is 1. The highest BCUT2D eigenvalue weighted by atomic mass is 16.3. The molecule has 0 radical (unpaired) electrons. The van der Waals surface area contributed by atoms with Crippen LogP contribution in [0.3, 0.4) is 0 Å². The second kappa shape index (κ2) is 5.53. The number of nitrogens with one attached hydrogen (secondary N) is 1. The van der Waals surface area contributed by atoms with Crippen molar-refractivity contribution in [2.45, 2.75) is 13.5 Å². The average molecular weight is 318 g/mol. The van der Waals surface area contributed by atoms with Crippen LogP contribution in [0.2, 0.25) is 0 Å². The van der Waals surface area contributed by atoms with E-state index < -0.39 is 0 Å². The highest BCUT2D eigenvalue weighted by Crippen LogP contribution is 2.32. The first-order valence-electron chi connectivity index (χ1n) is 8.00. The summed E-state index contributed by atoms with van der Waals surface area (Å²) >= 11 is 0. The van der Waals surface area contributed by atoms with E-state index in [2.05, 4.69) is 4.98 Å². The molecule has 2 aromatic carbocycles. The third-order valence-corrected chi connectivity index (χ3v) is 4.37. The van der Waals surface area contributed by atoms with Crippen LogP contribution in [-0.4, -0.2) is 27.0 Å². The van der Waals surface area contributed by atoms with Crippen LogP contribution in [0.15, 0.2) is 60.4 Å². The maximum atomic E-state index is 10.5. The van der Waals surface area contributed by atoms with Crippen molar-refractivity contribution in [3.05, 3.63) is 66.2 Å². The van der Waals surface area contributed by atoms with Crippen LogP contribution in [0, 0.1) is 5.41 Å². The number of aromatic nitrogens is 2. The molecule has 1 aliphatic rings. The van der Waals surface area contributed by atoms with Gasteiger partial charge in [-0.15, -0.1) is 0 Å². The standard InChI is InChI=1S/C19H18N4O/c1-2-22-15-11-7-6-10-14(15)21-19(22)17-16(24)12-23(18(17)20)13-8-4-3-5-9-13/h3-11,20,24H,2,12H2,1H3. The smallest absolute Gasteiger partial charge is 0.148 e. The topological polar surface area (TPSA) is 65.1 Å². The van der Waals surface area contributed by atoms with Gasteiger partial charge in [0.25, 0.3) is 0 Å². The van der Waals surface area contributed by atoms with Gasteiger partial charge in [0.2, 0.25) is 0 Å². The Morgan fingerprint density at radius 3 is 2.54 bits per heavy atom. The highest BCUT2D eigenvalue weighted by Gasteiger charge is 2.32. The van der Waals surface area contributed by atoms with E-state index in [0.29, 0.717) is 17.9 Å². The molecule has 0 amide bonds. The number of rotatable bonds is 3. The number of aliphatic hydroxyl groups excluding tert-OH is 1. The zero-order valence-corrected chi connectivity index (χ0v) is 13.4. The Kier molecular flexibility index (Phi) is 3.34. The fraction of sp³-hybridized carbons (Fsp3) is 0.158. The number of hydrogen-bond acceptors (Lipinski definition) is 3. The van der Waals surface area contributed by atoms with E-state index in [1.165, 1.54) is 0 Å². The van der Waals surface area contributed by atoms with Crippen molar-refractivity contribution in [1.29, 1.82) is 5.41 Å². The number of para-hydroxylation sites is 3. The van der Waals surface area contributed by atoms with E-state index in [1.54, 1.807) is 4.90 Å². The molecule has 0 atom stereocenters. The van der Waals surface area contributed by atoms with Crippen molar-refractivity contribution in [1.82, 2.24) is 9.55 Å². The van der Waals surface area contributed by atoms with Crippen LogP contribution >= 0.6 is 0 Å². The second-order valence-corrected chi connectivity index (χ2v) is 5.76. The molecule has 0 unspecified atom stereocenters. The average Bonchev–Trinajstić information content (AvgIpc) is 3.12. The Hall–Kier alpha value is -3.08. The van der Waals surface area contributed by atoms with Gasteiger partial charge in [0.05, 0.1) is 23.2 Å². The molecule has 24 heavy (non-hydrogen) atoms. The van der Waals surface area contributed by atoms with E-state index in [1.807, 2.05) is 66.1 Å². The van der Waals surface area contributed by atoms with Crippen molar-refractivity contribution in [2.75, 3.05) is 11.4 Å². The Labute approximate surface area is 140 Å². The van der Waals surface area contributed by atoms with Crippen molar-refractivity contribution in [3.8, 4) is 0 Å². The summed E-state index contributed by atoms with van der Waals surface area (Å²) < 4.78 is 2.05. The molecule has 0 bridgehead atoms. The lowest BCUT2D eigenvalue weighted by atomic mass is 10.2. The predicted octanol–water partition coefficient (Wildman–Crippen LogP) is 3.82. The number of nitrogens with zero attached hydrogens (tertiary/aromatic N) is 3. The first-order valence-corrected chi connectivity index (χ1v) is 8.00. The number of aliphatic hydroxyl groups is 1. The first-order chi connectivity index (χ1) is 11.7. The van der Waals surface area contributed by atoms with Crippen molar-refractivity contribution >= 4 is 28.1 Å². The van der Waals surface area contributed by atoms with Crippen LogP contribution in [-0.2, 0) is 6.54 Å². The number of fused-ring (bicyclic) bond motifs is 1. The molecule has 0 saturated heterocycles. The minimum absolute atomic E-state index is 0.189. The second-order valence-electron chi connectivity index (χ2n) is 5.76. The Morgan fingerprint density at radius 2 is 1.79 bits per heavy atom. The van der Waals surface area contributed by atoms with E-state index in [0.717, 1.165) is 23.3 Å². The van der Waals surface area contributed by atoms with E-state index in [9.17, 15) is 5.11 Å². The normalized spacial score (nSPS) is 14.9. The van der Waals surface area contributed by atoms with Gasteiger partial charge in [-0.25, -0.2) is 4.98 Å². The zero-order chi connectivity index (χ0) is 16.7. The SMILES string of the molecule is CCn1c(C2=C(O)CN(c3ccccc3)C2=N)nc2ccccc21. The molecule has 0 spiro atoms. The summed E-state index contributed by atoms with van der Waals surface area (Å²) in [6.45, 7) is 3.07. The highest BCUT2D eigenvalue weighted by molar-refractivity contribution is 6.30. The molecule has 5 heteroatoms. The van der Waals surface area contributed by atoms with Gasteiger partial charge < -0.3 is 14.6 Å². The minimum atomic E-state index is 0.189. The first kappa shape index (κ1) is 14.5. The van der Waals surface area contributed by atoms with E-state index >= 15 is 0 Å². The fourth-order valence-electron chi connectivity index (χ4n) is 3.23. The van der Waals surface area contributed by atoms with Crippen LogP contribution in [0.25, 0.3) is 16.6 Å². The monoisotopic (exact) mass is 318 g/mol. The summed E-state index contributed by atoms with van der Waals surface area (Å²) in [6, 6.07) is 17.6. The van der Waals surface area contributed by atoms with Gasteiger partial charge in [0.15, 0.2) is 0 Å². The van der Waals surface area contributed by atoms with Crippen molar-refractivity contribution in [3.63, 3.8) is 0 Å². The number of amidine groups is 1. The summed E-state index contributed by atoms with van der Waals surface area (Å²) in [5.74, 6) is 1.12. The Bertz CT molecular complexity index is 956. The summed E-state index contributed by atoms with van der Waals surface area (Å²) in [4.78, 5) is 6.47. The molecular weight excluding hydrogens is 300 g/mol. The van der Waals surface area contributed by atoms with Gasteiger partial charge in [-0.2, -0.15) is 0 Å². The van der Waals surface area contributed by atoms with Gasteiger partial charge in [-0.3, -0.25) is 5.41 Å². The predicted molar refractivity (Wildman–Crippen MR) is 96.5 cm³/mol. The number of imidazole rings is 1. The van der Waals surface area contributed by atoms with Crippen LogP contribution in [0.1, 0.15) is 12.7 Å². The number of anilines is 1. The fourth-order valence-corrected chi connectivity index (χ4v) is 3.23. The minimum Gasteiger partial charge on any atom is -0.509 e. The third-order valence-electron chi connectivity index (χ3n) is 4.37. The largest absolute Gasteiger partial charge is 0.509 e. The quantitative estimate of drug-likeness (QED) is 0.771. The molecular formula is C19H18N4O. The van der Waals surface area contributed by atoms with Crippen molar-refractivity contribution in [2.24, 2.45) is 0 Å². The van der Waals surface area contributed by atoms with Crippen LogP contribution < -0.4 is 4.90 Å². The number of benzene rings is 2. The molecule has 0 saturated carbocycles. The number of hydrogen-bond donors (Lipinski definition) is 2. The molecule has 0 fully saturated rings. The van der Waals surface area contributed by atoms with E-state index in [4.69, 9.17) is 5.41 Å². The van der Waals surface area contributed by atoms with E-state index in [-0.39, 0.29) is 11.6 Å². The summed E-state index contributed by atoms with van der Waals surface area (Å²) in [7, 11) is 0. The molecule has 3 aromatic rings. The lowest BCUT2D eigenvalue weighted by Gasteiger charge is -2.18. The lowest BCUT2D eigenvalue weighted by molar-refractivity contribution is 0.411. The maximum Gasteiger partial charge on any atom is 0.148 e. The third kappa shape index (κ3) is 2.09. The molecule has 1 aromatic heterocycles. The van der Waals surface area contributed by atoms with Crippen LogP contribution in [0.4, 0.5) is 5.69 Å². The molecule has 2 heterocycles. The Balaban J connectivity index is 1.82. The van der Waals surface area contributed by atoms with Crippen molar-refractivity contribution < 1.29 is 5.11 Å². The van der Waals surface area contributed by atoms with Gasteiger partial charge >= 0.3 is 0 Å². The molecule has 0 aliphatic carbocycles. The van der Waals surface area contributed by atoms with Gasteiger partial charge in [-0.1, -0.05) is 30.3 Å². The van der Waals surface area contributed by atoms with Gasteiger partial charge in [0.1, 0.15) is 17.4 Å². The summed E-state index contributed by atoms with van der Waals surface area (Å²) in [6.07, 6.45) is 0. The molecule has 2 N–H and O–H groups in total. The Morgan fingerprint density at radius 1 is 1.08 bits per heavy atom. The molecule has 5 nitrogen and oxygen atoms in total. The molecule has 120 valence electrons. The summed E-state index contributed by atoms with van der Waals surface area (Å²) in [5.41, 5.74) is 3.29. The maximum absolute atomic E-state index is 10.5.